The lowest BCUT2D eigenvalue weighted by molar-refractivity contribution is -0.870. The lowest BCUT2D eigenvalue weighted by atomic mass is 10.0. The normalized spacial score (nSPS) is 14.1. The molecule has 0 bridgehead atoms. The first-order chi connectivity index (χ1) is 46.0. The molecule has 0 rings (SSSR count). The van der Waals surface area contributed by atoms with E-state index in [0.717, 1.165) is 128 Å². The van der Waals surface area contributed by atoms with Gasteiger partial charge in [0.05, 0.1) is 27.7 Å². The molecule has 9 nitrogen and oxygen atoms in total. The molecule has 0 amide bonds. The number of hydrogen-bond donors (Lipinski definition) is 0. The molecule has 0 saturated carbocycles. The molecule has 0 aliphatic rings. The van der Waals surface area contributed by atoms with Gasteiger partial charge in [0.25, 0.3) is 7.82 Å². The number of phosphoric ester groups is 1. The minimum Gasteiger partial charge on any atom is -0.756 e. The summed E-state index contributed by atoms with van der Waals surface area (Å²) in [4.78, 5) is 38.1. The van der Waals surface area contributed by atoms with E-state index in [9.17, 15) is 19.0 Å². The Morgan fingerprint density at radius 1 is 0.330 bits per heavy atom. The number of ether oxygens (including phenoxy) is 2. The summed E-state index contributed by atoms with van der Waals surface area (Å²) >= 11 is 0. The third kappa shape index (κ3) is 76.1. The van der Waals surface area contributed by atoms with Crippen LogP contribution in [0.5, 0.6) is 0 Å². The Hall–Kier alpha value is -4.89. The van der Waals surface area contributed by atoms with Crippen molar-refractivity contribution in [3.8, 4) is 0 Å². The largest absolute Gasteiger partial charge is 0.756 e. The van der Waals surface area contributed by atoms with Crippen molar-refractivity contribution >= 4 is 19.8 Å². The molecule has 0 aromatic heterocycles. The maximum absolute atomic E-state index is 12.9. The van der Waals surface area contributed by atoms with Gasteiger partial charge in [-0.3, -0.25) is 14.2 Å². The van der Waals surface area contributed by atoms with E-state index in [1.165, 1.54) is 122 Å². The molecule has 2 atom stereocenters. The molecule has 10 heteroatoms. The van der Waals surface area contributed by atoms with E-state index in [-0.39, 0.29) is 26.1 Å². The summed E-state index contributed by atoms with van der Waals surface area (Å²) in [5.41, 5.74) is 0. The van der Waals surface area contributed by atoms with Crippen molar-refractivity contribution in [3.05, 3.63) is 182 Å². The van der Waals surface area contributed by atoms with Crippen LogP contribution < -0.4 is 4.89 Å². The standard InChI is InChI=1S/C84H138NO8P/c1-6-8-10-12-14-16-18-20-22-24-26-28-30-32-34-36-38-40-41-42-43-45-46-48-50-52-54-56-58-60-62-64-66-68-70-72-74-76-83(86)90-80-82(81-92-94(88,89)91-79-78-85(3,4)5)93-84(87)77-75-73-71-69-67-65-63-61-59-57-55-53-51-49-47-44-39-37-35-33-31-29-27-25-23-21-19-17-15-13-11-9-7-2/h8-11,14-17,20-23,26-29,32-35,39,44,49,51,55,57,61,63,67,69,82H,6-7,12-13,18-19,24-25,30-31,36-38,40-43,45-48,50,52-54,56,58-60,62,64-66,68,70-81H2,1-5H3/b10-8-,11-9-,16-14-,17-15-,22-20-,23-21-,28-26-,29-27-,34-32-,35-33-,44-39-,51-49-,57-55-,63-61-,69-67-. The summed E-state index contributed by atoms with van der Waals surface area (Å²) in [6.07, 6.45) is 111. The van der Waals surface area contributed by atoms with E-state index in [1.54, 1.807) is 0 Å². The quantitative estimate of drug-likeness (QED) is 0.0195. The Morgan fingerprint density at radius 3 is 0.872 bits per heavy atom. The number of hydrogen-bond acceptors (Lipinski definition) is 8. The van der Waals surface area contributed by atoms with Crippen LogP contribution >= 0.6 is 7.82 Å². The van der Waals surface area contributed by atoms with E-state index >= 15 is 0 Å². The van der Waals surface area contributed by atoms with Crippen LogP contribution in [0.15, 0.2) is 182 Å². The SMILES string of the molecule is CC/C=C\C/C=C\C/C=C\C/C=C\C/C=C\C/C=C\C/C=C\C/C=C\C/C=C\C/C=C\CCCCC(=O)OC(COC(=O)CCCCCCCCCCCCCCCCCCCCCCC/C=C\C/C=C\C/C=C\C/C=C\C/C=C\CC)COP(=O)([O-])OCC[N+](C)(C)C. The second-order valence-electron chi connectivity index (χ2n) is 25.5. The van der Waals surface area contributed by atoms with Crippen LogP contribution in [0, 0.1) is 0 Å². The van der Waals surface area contributed by atoms with Crippen LogP contribution in [0.1, 0.15) is 284 Å². The Kier molecular flexibility index (Phi) is 68.6. The first-order valence-electron chi connectivity index (χ1n) is 37.5. The van der Waals surface area contributed by atoms with Gasteiger partial charge in [0, 0.05) is 12.8 Å². The third-order valence-electron chi connectivity index (χ3n) is 15.4. The summed E-state index contributed by atoms with van der Waals surface area (Å²) in [6, 6.07) is 0. The topological polar surface area (TPSA) is 111 Å². The summed E-state index contributed by atoms with van der Waals surface area (Å²) in [6.45, 7) is 3.96. The highest BCUT2D eigenvalue weighted by molar-refractivity contribution is 7.45. The second-order valence-corrected chi connectivity index (χ2v) is 27.0. The third-order valence-corrected chi connectivity index (χ3v) is 16.4. The van der Waals surface area contributed by atoms with Gasteiger partial charge in [-0.2, -0.15) is 0 Å². The number of esters is 2. The lowest BCUT2D eigenvalue weighted by Crippen LogP contribution is -2.37. The highest BCUT2D eigenvalue weighted by Gasteiger charge is 2.22. The van der Waals surface area contributed by atoms with Crippen molar-refractivity contribution in [2.24, 2.45) is 0 Å². The van der Waals surface area contributed by atoms with E-state index in [0.29, 0.717) is 17.4 Å². The molecule has 0 N–H and O–H groups in total. The van der Waals surface area contributed by atoms with Crippen LogP contribution in [0.3, 0.4) is 0 Å². The van der Waals surface area contributed by atoms with Crippen molar-refractivity contribution in [2.75, 3.05) is 47.5 Å². The predicted molar refractivity (Wildman–Crippen MR) is 406 cm³/mol. The van der Waals surface area contributed by atoms with Gasteiger partial charge in [0.2, 0.25) is 0 Å². The fourth-order valence-electron chi connectivity index (χ4n) is 9.77. The van der Waals surface area contributed by atoms with E-state index in [2.05, 4.69) is 196 Å². The van der Waals surface area contributed by atoms with Crippen molar-refractivity contribution in [1.82, 2.24) is 0 Å². The molecule has 0 heterocycles. The number of allylic oxidation sites excluding steroid dienone is 30. The Bertz CT molecular complexity index is 2240. The van der Waals surface area contributed by atoms with Crippen molar-refractivity contribution in [2.45, 2.75) is 290 Å². The highest BCUT2D eigenvalue weighted by atomic mass is 31.2. The molecule has 532 valence electrons. The van der Waals surface area contributed by atoms with Crippen LogP contribution in [-0.4, -0.2) is 70.0 Å². The van der Waals surface area contributed by atoms with Gasteiger partial charge in [-0.05, 0) is 135 Å². The molecule has 0 fully saturated rings. The highest BCUT2D eigenvalue weighted by Crippen LogP contribution is 2.38. The molecule has 0 spiro atoms. The molecule has 94 heavy (non-hydrogen) atoms. The maximum Gasteiger partial charge on any atom is 0.306 e. The Labute approximate surface area is 578 Å². The smallest absolute Gasteiger partial charge is 0.306 e. The van der Waals surface area contributed by atoms with Gasteiger partial charge in [-0.15, -0.1) is 0 Å². The van der Waals surface area contributed by atoms with Crippen LogP contribution in [0.4, 0.5) is 0 Å². The summed E-state index contributed by atoms with van der Waals surface area (Å²) in [5.74, 6) is -0.889. The average Bonchev–Trinajstić information content (AvgIpc) is 1.56. The lowest BCUT2D eigenvalue weighted by Gasteiger charge is -2.28. The maximum atomic E-state index is 12.9. The first kappa shape index (κ1) is 89.1. The Morgan fingerprint density at radius 2 is 0.574 bits per heavy atom. The van der Waals surface area contributed by atoms with Gasteiger partial charge in [-0.25, -0.2) is 0 Å². The second kappa shape index (κ2) is 72.4. The van der Waals surface area contributed by atoms with Crippen LogP contribution in [-0.2, 0) is 32.7 Å². The minimum atomic E-state index is -4.67. The summed E-state index contributed by atoms with van der Waals surface area (Å²) in [5, 5.41) is 0. The number of carbonyl (C=O) groups excluding carboxylic acids is 2. The molecule has 0 aromatic rings. The zero-order valence-corrected chi connectivity index (χ0v) is 61.5. The molecule has 0 saturated heterocycles. The monoisotopic (exact) mass is 1320 g/mol. The Balaban J connectivity index is 4.11. The van der Waals surface area contributed by atoms with E-state index in [4.69, 9.17) is 18.5 Å². The summed E-state index contributed by atoms with van der Waals surface area (Å²) in [7, 11) is 1.12. The zero-order valence-electron chi connectivity index (χ0n) is 60.6. The number of rotatable bonds is 67. The number of nitrogens with zero attached hydrogens (tertiary/aromatic N) is 1. The minimum absolute atomic E-state index is 0.0476. The number of likely N-dealkylation sites (N-methyl/N-ethyl adjacent to an activating group) is 1. The van der Waals surface area contributed by atoms with Crippen molar-refractivity contribution in [1.29, 1.82) is 0 Å². The van der Waals surface area contributed by atoms with E-state index in [1.807, 2.05) is 21.1 Å². The molecule has 0 aliphatic carbocycles. The van der Waals surface area contributed by atoms with Gasteiger partial charge in [0.1, 0.15) is 19.8 Å². The number of carbonyl (C=O) groups is 2. The fourth-order valence-corrected chi connectivity index (χ4v) is 10.5. The van der Waals surface area contributed by atoms with Gasteiger partial charge in [0.15, 0.2) is 6.10 Å². The molecule has 2 unspecified atom stereocenters. The van der Waals surface area contributed by atoms with Crippen LogP contribution in [0.25, 0.3) is 0 Å². The molecule has 0 radical (unpaired) electrons. The summed E-state index contributed by atoms with van der Waals surface area (Å²) < 4.78 is 34.3. The molecular formula is C84H138NO8P. The molecule has 0 aliphatic heterocycles. The van der Waals surface area contributed by atoms with E-state index < -0.39 is 32.5 Å². The number of quaternary nitrogens is 1. The fraction of sp³-hybridized carbons (Fsp3) is 0.619. The van der Waals surface area contributed by atoms with Crippen molar-refractivity contribution < 1.29 is 42.1 Å². The van der Waals surface area contributed by atoms with Crippen molar-refractivity contribution in [3.63, 3.8) is 0 Å². The average molecular weight is 1320 g/mol. The first-order valence-corrected chi connectivity index (χ1v) is 39.0. The predicted octanol–water partition coefficient (Wildman–Crippen LogP) is 24.4. The number of unbranched alkanes of at least 4 members (excludes halogenated alkanes) is 23. The van der Waals surface area contributed by atoms with Gasteiger partial charge >= 0.3 is 11.9 Å². The van der Waals surface area contributed by atoms with Crippen LogP contribution in [0.2, 0.25) is 0 Å². The number of phosphoric acid groups is 1. The van der Waals surface area contributed by atoms with Gasteiger partial charge in [-0.1, -0.05) is 318 Å². The van der Waals surface area contributed by atoms with Gasteiger partial charge < -0.3 is 27.9 Å². The molecule has 0 aromatic carbocycles. The molecular weight excluding hydrogens is 1180 g/mol. The zero-order chi connectivity index (χ0) is 68.3.